The molecule has 1 rings (SSSR count). The van der Waals surface area contributed by atoms with Crippen LogP contribution in [0.3, 0.4) is 0 Å². The van der Waals surface area contributed by atoms with Gasteiger partial charge in [0.05, 0.1) is 0 Å². The van der Waals surface area contributed by atoms with Gasteiger partial charge in [-0.15, -0.1) is 0 Å². The summed E-state index contributed by atoms with van der Waals surface area (Å²) in [6, 6.07) is 0. The number of nitrogen functional groups attached to an aromatic ring is 1. The maximum atomic E-state index is 11.5. The molecule has 1 heterocycles. The predicted octanol–water partition coefficient (Wildman–Crippen LogP) is 0.0940. The Hall–Kier alpha value is -2.12. The molecular formula is C12H23N7O. The van der Waals surface area contributed by atoms with Crippen molar-refractivity contribution in [2.75, 3.05) is 43.1 Å². The molecule has 8 nitrogen and oxygen atoms in total. The number of hydrogen-bond donors (Lipinski definition) is 3. The van der Waals surface area contributed by atoms with E-state index in [0.717, 1.165) is 0 Å². The quantitative estimate of drug-likeness (QED) is 0.650. The Balaban J connectivity index is 2.44. The van der Waals surface area contributed by atoms with Gasteiger partial charge in [0.2, 0.25) is 23.8 Å². The number of nitrogens with one attached hydrogen (secondary N) is 2. The number of rotatable bonds is 7. The van der Waals surface area contributed by atoms with Crippen molar-refractivity contribution in [3.05, 3.63) is 0 Å². The summed E-state index contributed by atoms with van der Waals surface area (Å²) in [7, 11) is 3.63. The summed E-state index contributed by atoms with van der Waals surface area (Å²) in [6.07, 6.45) is 0.357. The zero-order chi connectivity index (χ0) is 15.1. The molecule has 0 saturated carbocycles. The number of carbonyl (C=O) groups excluding carboxylic acids is 1. The van der Waals surface area contributed by atoms with Crippen LogP contribution >= 0.6 is 0 Å². The Kier molecular flexibility index (Phi) is 5.95. The van der Waals surface area contributed by atoms with E-state index in [2.05, 4.69) is 39.4 Å². The average Bonchev–Trinajstić information content (AvgIpc) is 2.35. The second-order valence-corrected chi connectivity index (χ2v) is 5.09. The molecule has 0 aliphatic carbocycles. The number of amides is 1. The zero-order valence-electron chi connectivity index (χ0n) is 12.5. The standard InChI is InChI=1S/C12H23N7O/c1-8(2)7-15-9(20)5-6-14-11-16-10(13)17-12(18-11)19(3)4/h8H,5-7H2,1-4H3,(H,15,20)(H3,13,14,16,17,18). The summed E-state index contributed by atoms with van der Waals surface area (Å²) < 4.78 is 0. The lowest BCUT2D eigenvalue weighted by molar-refractivity contribution is -0.120. The molecule has 0 aliphatic rings. The van der Waals surface area contributed by atoms with Crippen LogP contribution in [0.5, 0.6) is 0 Å². The third-order valence-corrected chi connectivity index (χ3v) is 2.38. The van der Waals surface area contributed by atoms with E-state index in [1.165, 1.54) is 0 Å². The highest BCUT2D eigenvalue weighted by atomic mass is 16.1. The Bertz CT molecular complexity index is 447. The van der Waals surface area contributed by atoms with E-state index in [1.807, 2.05) is 14.1 Å². The second-order valence-electron chi connectivity index (χ2n) is 5.09. The molecule has 0 unspecified atom stereocenters. The smallest absolute Gasteiger partial charge is 0.231 e. The van der Waals surface area contributed by atoms with E-state index >= 15 is 0 Å². The van der Waals surface area contributed by atoms with Gasteiger partial charge in [0, 0.05) is 33.6 Å². The van der Waals surface area contributed by atoms with Gasteiger partial charge in [0.15, 0.2) is 0 Å². The van der Waals surface area contributed by atoms with Gasteiger partial charge < -0.3 is 21.3 Å². The molecule has 8 heteroatoms. The van der Waals surface area contributed by atoms with Crippen molar-refractivity contribution in [1.82, 2.24) is 20.3 Å². The first-order valence-electron chi connectivity index (χ1n) is 6.58. The Morgan fingerprint density at radius 2 is 2.00 bits per heavy atom. The lowest BCUT2D eigenvalue weighted by Crippen LogP contribution is -2.29. The lowest BCUT2D eigenvalue weighted by Gasteiger charge is -2.12. The summed E-state index contributed by atoms with van der Waals surface area (Å²) in [6.45, 7) is 5.23. The molecule has 0 radical (unpaired) electrons. The second kappa shape index (κ2) is 7.46. The zero-order valence-corrected chi connectivity index (χ0v) is 12.5. The SMILES string of the molecule is CC(C)CNC(=O)CCNc1nc(N)nc(N(C)C)n1. The summed E-state index contributed by atoms with van der Waals surface area (Å²) in [5.41, 5.74) is 5.60. The van der Waals surface area contributed by atoms with E-state index < -0.39 is 0 Å². The molecular weight excluding hydrogens is 258 g/mol. The third kappa shape index (κ3) is 5.68. The maximum absolute atomic E-state index is 11.5. The third-order valence-electron chi connectivity index (χ3n) is 2.38. The van der Waals surface area contributed by atoms with Crippen molar-refractivity contribution in [1.29, 1.82) is 0 Å². The molecule has 0 aromatic carbocycles. The largest absolute Gasteiger partial charge is 0.368 e. The van der Waals surface area contributed by atoms with Crippen LogP contribution < -0.4 is 21.3 Å². The molecule has 0 atom stereocenters. The molecule has 20 heavy (non-hydrogen) atoms. The van der Waals surface area contributed by atoms with Crippen LogP contribution in [0.15, 0.2) is 0 Å². The monoisotopic (exact) mass is 281 g/mol. The predicted molar refractivity (Wildman–Crippen MR) is 79.5 cm³/mol. The van der Waals surface area contributed by atoms with Gasteiger partial charge in [-0.05, 0) is 5.92 Å². The van der Waals surface area contributed by atoms with Crippen molar-refractivity contribution < 1.29 is 4.79 Å². The highest BCUT2D eigenvalue weighted by Crippen LogP contribution is 2.08. The van der Waals surface area contributed by atoms with E-state index in [0.29, 0.717) is 37.3 Å². The molecule has 4 N–H and O–H groups in total. The van der Waals surface area contributed by atoms with Crippen LogP contribution in [0, 0.1) is 5.92 Å². The molecule has 0 saturated heterocycles. The fraction of sp³-hybridized carbons (Fsp3) is 0.667. The fourth-order valence-electron chi connectivity index (χ4n) is 1.35. The summed E-state index contributed by atoms with van der Waals surface area (Å²) in [5, 5.41) is 5.81. The van der Waals surface area contributed by atoms with Crippen molar-refractivity contribution in [3.63, 3.8) is 0 Å². The number of aromatic nitrogens is 3. The van der Waals surface area contributed by atoms with Crippen molar-refractivity contribution in [2.45, 2.75) is 20.3 Å². The summed E-state index contributed by atoms with van der Waals surface area (Å²) >= 11 is 0. The van der Waals surface area contributed by atoms with Crippen LogP contribution in [-0.4, -0.2) is 48.0 Å². The Labute approximate surface area is 119 Å². The molecule has 1 aromatic heterocycles. The first kappa shape index (κ1) is 15.9. The number of hydrogen-bond acceptors (Lipinski definition) is 7. The molecule has 0 fully saturated rings. The summed E-state index contributed by atoms with van der Waals surface area (Å²) in [4.78, 5) is 25.4. The first-order valence-corrected chi connectivity index (χ1v) is 6.58. The van der Waals surface area contributed by atoms with Crippen LogP contribution in [-0.2, 0) is 4.79 Å². The minimum atomic E-state index is 0.000983. The van der Waals surface area contributed by atoms with Crippen molar-refractivity contribution in [3.8, 4) is 0 Å². The van der Waals surface area contributed by atoms with E-state index in [4.69, 9.17) is 5.73 Å². The van der Waals surface area contributed by atoms with Gasteiger partial charge in [-0.2, -0.15) is 15.0 Å². The van der Waals surface area contributed by atoms with Crippen LogP contribution in [0.25, 0.3) is 0 Å². The number of anilines is 3. The van der Waals surface area contributed by atoms with Crippen LogP contribution in [0.2, 0.25) is 0 Å². The number of carbonyl (C=O) groups is 1. The van der Waals surface area contributed by atoms with Gasteiger partial charge in [0.1, 0.15) is 0 Å². The average molecular weight is 281 g/mol. The number of nitrogens with two attached hydrogens (primary N) is 1. The fourth-order valence-corrected chi connectivity index (χ4v) is 1.35. The molecule has 1 aromatic rings. The highest BCUT2D eigenvalue weighted by molar-refractivity contribution is 5.76. The molecule has 0 spiro atoms. The minimum absolute atomic E-state index is 0.000983. The van der Waals surface area contributed by atoms with Gasteiger partial charge in [-0.25, -0.2) is 0 Å². The summed E-state index contributed by atoms with van der Waals surface area (Å²) in [5.74, 6) is 1.44. The van der Waals surface area contributed by atoms with Gasteiger partial charge in [-0.1, -0.05) is 13.8 Å². The highest BCUT2D eigenvalue weighted by Gasteiger charge is 2.07. The number of nitrogens with zero attached hydrogens (tertiary/aromatic N) is 4. The lowest BCUT2D eigenvalue weighted by atomic mass is 10.2. The normalized spacial score (nSPS) is 10.4. The molecule has 0 aliphatic heterocycles. The molecule has 112 valence electrons. The Morgan fingerprint density at radius 3 is 2.60 bits per heavy atom. The topological polar surface area (TPSA) is 109 Å². The van der Waals surface area contributed by atoms with Crippen LogP contribution in [0.1, 0.15) is 20.3 Å². The van der Waals surface area contributed by atoms with Crippen molar-refractivity contribution >= 4 is 23.8 Å². The van der Waals surface area contributed by atoms with Gasteiger partial charge >= 0.3 is 0 Å². The molecule has 0 bridgehead atoms. The van der Waals surface area contributed by atoms with Gasteiger partial charge in [-0.3, -0.25) is 4.79 Å². The maximum Gasteiger partial charge on any atom is 0.231 e. The van der Waals surface area contributed by atoms with Crippen molar-refractivity contribution in [2.24, 2.45) is 5.92 Å². The minimum Gasteiger partial charge on any atom is -0.368 e. The Morgan fingerprint density at radius 1 is 1.30 bits per heavy atom. The van der Waals surface area contributed by atoms with Crippen LogP contribution in [0.4, 0.5) is 17.8 Å². The first-order chi connectivity index (χ1) is 9.38. The van der Waals surface area contributed by atoms with Gasteiger partial charge in [0.25, 0.3) is 0 Å². The van der Waals surface area contributed by atoms with E-state index in [9.17, 15) is 4.79 Å². The van der Waals surface area contributed by atoms with E-state index in [1.54, 1.807) is 4.90 Å². The van der Waals surface area contributed by atoms with E-state index in [-0.39, 0.29) is 11.9 Å². The molecule has 1 amide bonds.